The lowest BCUT2D eigenvalue weighted by Crippen LogP contribution is -2.26. The molecular weight excluding hydrogens is 184 g/mol. The average Bonchev–Trinajstić information content (AvgIpc) is 2.17. The third kappa shape index (κ3) is 3.07. The van der Waals surface area contributed by atoms with Gasteiger partial charge in [-0.1, -0.05) is 58.0 Å². The molecule has 0 aliphatic carbocycles. The van der Waals surface area contributed by atoms with E-state index in [9.17, 15) is 5.11 Å². The highest BCUT2D eigenvalue weighted by Crippen LogP contribution is 2.40. The van der Waals surface area contributed by atoms with E-state index in [2.05, 4.69) is 52.0 Å². The molecule has 0 saturated heterocycles. The summed E-state index contributed by atoms with van der Waals surface area (Å²) >= 11 is 0. The van der Waals surface area contributed by atoms with Gasteiger partial charge >= 0.3 is 0 Å². The highest BCUT2D eigenvalue weighted by molar-refractivity contribution is 5.22. The van der Waals surface area contributed by atoms with E-state index >= 15 is 0 Å². The maximum absolute atomic E-state index is 9.33. The summed E-state index contributed by atoms with van der Waals surface area (Å²) in [7, 11) is 0. The highest BCUT2D eigenvalue weighted by Gasteiger charge is 2.30. The number of aliphatic hydroxyl groups excluding tert-OH is 1. The number of hydrogen-bond acceptors (Lipinski definition) is 1. The molecule has 0 heterocycles. The molecule has 1 aromatic rings. The van der Waals surface area contributed by atoms with Crippen LogP contribution in [0.5, 0.6) is 0 Å². The van der Waals surface area contributed by atoms with Gasteiger partial charge in [0.1, 0.15) is 0 Å². The Hall–Kier alpha value is -0.820. The van der Waals surface area contributed by atoms with Gasteiger partial charge in [-0.2, -0.15) is 0 Å². The molecule has 0 aliphatic heterocycles. The topological polar surface area (TPSA) is 20.2 Å². The molecule has 0 fully saturated rings. The molecule has 0 bridgehead atoms. The predicted octanol–water partition coefficient (Wildman–Crippen LogP) is 3.44. The lowest BCUT2D eigenvalue weighted by Gasteiger charge is -2.35. The van der Waals surface area contributed by atoms with Gasteiger partial charge in [0.25, 0.3) is 0 Å². The van der Waals surface area contributed by atoms with Crippen molar-refractivity contribution in [3.8, 4) is 0 Å². The van der Waals surface area contributed by atoms with E-state index in [1.807, 2.05) is 6.07 Å². The summed E-state index contributed by atoms with van der Waals surface area (Å²) in [5.41, 5.74) is 1.51. The fourth-order valence-corrected chi connectivity index (χ4v) is 2.45. The largest absolute Gasteiger partial charge is 0.396 e. The van der Waals surface area contributed by atoms with Crippen LogP contribution < -0.4 is 0 Å². The highest BCUT2D eigenvalue weighted by atomic mass is 16.3. The van der Waals surface area contributed by atoms with Crippen LogP contribution in [0.1, 0.15) is 39.2 Å². The van der Waals surface area contributed by atoms with E-state index in [0.717, 1.165) is 0 Å². The second kappa shape index (κ2) is 4.80. The van der Waals surface area contributed by atoms with Crippen LogP contribution in [0.2, 0.25) is 0 Å². The summed E-state index contributed by atoms with van der Waals surface area (Å²) in [5.74, 6) is 0.705. The van der Waals surface area contributed by atoms with Gasteiger partial charge in [-0.25, -0.2) is 0 Å². The molecule has 1 N–H and O–H groups in total. The zero-order valence-electron chi connectivity index (χ0n) is 10.2. The Bertz CT molecular complexity index is 284. The Morgan fingerprint density at radius 3 is 2.07 bits per heavy atom. The minimum absolute atomic E-state index is 0.184. The van der Waals surface area contributed by atoms with Gasteiger partial charge in [-0.15, -0.1) is 0 Å². The second-order valence-electron chi connectivity index (χ2n) is 5.41. The molecule has 0 spiro atoms. The summed E-state index contributed by atoms with van der Waals surface area (Å²) < 4.78 is 0. The zero-order chi connectivity index (χ0) is 11.5. The third-order valence-electron chi connectivity index (χ3n) is 2.95. The van der Waals surface area contributed by atoms with E-state index < -0.39 is 0 Å². The summed E-state index contributed by atoms with van der Waals surface area (Å²) in [6.07, 6.45) is 0. The fraction of sp³-hybridized carbons (Fsp3) is 0.571. The molecule has 0 aliphatic rings. The van der Waals surface area contributed by atoms with Crippen molar-refractivity contribution in [3.05, 3.63) is 35.9 Å². The molecule has 0 saturated carbocycles. The first kappa shape index (κ1) is 12.3. The second-order valence-corrected chi connectivity index (χ2v) is 5.41. The smallest absolute Gasteiger partial charge is 0.0462 e. The van der Waals surface area contributed by atoms with Crippen molar-refractivity contribution in [1.29, 1.82) is 0 Å². The summed E-state index contributed by atoms with van der Waals surface area (Å²) in [5, 5.41) is 9.33. The molecule has 0 radical (unpaired) electrons. The van der Waals surface area contributed by atoms with Gasteiger partial charge in [0.05, 0.1) is 0 Å². The fourth-order valence-electron chi connectivity index (χ4n) is 2.45. The van der Waals surface area contributed by atoms with E-state index in [1.54, 1.807) is 0 Å². The molecule has 1 heteroatoms. The number of hydrogen-bond donors (Lipinski definition) is 1. The average molecular weight is 206 g/mol. The Balaban J connectivity index is 3.02. The van der Waals surface area contributed by atoms with Crippen LogP contribution in [-0.4, -0.2) is 11.7 Å². The van der Waals surface area contributed by atoms with Crippen molar-refractivity contribution in [2.45, 2.75) is 33.6 Å². The Labute approximate surface area is 93.1 Å². The minimum Gasteiger partial charge on any atom is -0.396 e. The van der Waals surface area contributed by atoms with Gasteiger partial charge < -0.3 is 5.11 Å². The molecule has 0 unspecified atom stereocenters. The monoisotopic (exact) mass is 206 g/mol. The SMILES string of the molecule is C[C@H](CO)[C@H](c1ccccc1)C(C)(C)C. The van der Waals surface area contributed by atoms with Crippen molar-refractivity contribution in [2.24, 2.45) is 11.3 Å². The van der Waals surface area contributed by atoms with Gasteiger partial charge in [-0.05, 0) is 22.8 Å². The van der Waals surface area contributed by atoms with Crippen LogP contribution in [0.25, 0.3) is 0 Å². The first-order chi connectivity index (χ1) is 6.96. The summed E-state index contributed by atoms with van der Waals surface area (Å²) in [4.78, 5) is 0. The number of benzene rings is 1. The predicted molar refractivity (Wildman–Crippen MR) is 64.9 cm³/mol. The van der Waals surface area contributed by atoms with Crippen LogP contribution >= 0.6 is 0 Å². The molecule has 84 valence electrons. The molecule has 2 atom stereocenters. The molecule has 0 aromatic heterocycles. The first-order valence-corrected chi connectivity index (χ1v) is 5.62. The lowest BCUT2D eigenvalue weighted by molar-refractivity contribution is 0.159. The van der Waals surface area contributed by atoms with E-state index in [0.29, 0.717) is 11.8 Å². The Kier molecular flexibility index (Phi) is 3.92. The zero-order valence-corrected chi connectivity index (χ0v) is 10.2. The molecule has 0 amide bonds. The van der Waals surface area contributed by atoms with E-state index in [1.165, 1.54) is 5.56 Å². The summed E-state index contributed by atoms with van der Waals surface area (Å²) in [6.45, 7) is 9.06. The lowest BCUT2D eigenvalue weighted by atomic mass is 9.70. The van der Waals surface area contributed by atoms with Crippen LogP contribution in [0.3, 0.4) is 0 Å². The van der Waals surface area contributed by atoms with Crippen molar-refractivity contribution in [3.63, 3.8) is 0 Å². The van der Waals surface area contributed by atoms with Crippen LogP contribution in [-0.2, 0) is 0 Å². The third-order valence-corrected chi connectivity index (χ3v) is 2.95. The first-order valence-electron chi connectivity index (χ1n) is 5.62. The van der Waals surface area contributed by atoms with Crippen LogP contribution in [0.15, 0.2) is 30.3 Å². The number of rotatable bonds is 3. The molecule has 1 aromatic carbocycles. The van der Waals surface area contributed by atoms with Crippen molar-refractivity contribution in [1.82, 2.24) is 0 Å². The molecular formula is C14H22O. The van der Waals surface area contributed by atoms with Crippen molar-refractivity contribution < 1.29 is 5.11 Å². The quantitative estimate of drug-likeness (QED) is 0.803. The van der Waals surface area contributed by atoms with Gasteiger partial charge in [0.2, 0.25) is 0 Å². The standard InChI is InChI=1S/C14H22O/c1-11(10-15)13(14(2,3)4)12-8-6-5-7-9-12/h5-9,11,13,15H,10H2,1-4H3/t11-,13-/m1/s1. The van der Waals surface area contributed by atoms with Gasteiger partial charge in [-0.3, -0.25) is 0 Å². The molecule has 15 heavy (non-hydrogen) atoms. The maximum Gasteiger partial charge on any atom is 0.0462 e. The normalized spacial score (nSPS) is 16.1. The Morgan fingerprint density at radius 2 is 1.67 bits per heavy atom. The van der Waals surface area contributed by atoms with Crippen molar-refractivity contribution >= 4 is 0 Å². The minimum atomic E-state index is 0.184. The van der Waals surface area contributed by atoms with Crippen LogP contribution in [0, 0.1) is 11.3 Å². The van der Waals surface area contributed by atoms with E-state index in [-0.39, 0.29) is 12.0 Å². The van der Waals surface area contributed by atoms with E-state index in [4.69, 9.17) is 0 Å². The van der Waals surface area contributed by atoms with Gasteiger partial charge in [0, 0.05) is 6.61 Å². The maximum atomic E-state index is 9.33. The number of aliphatic hydroxyl groups is 1. The van der Waals surface area contributed by atoms with Crippen LogP contribution in [0.4, 0.5) is 0 Å². The van der Waals surface area contributed by atoms with Crippen molar-refractivity contribution in [2.75, 3.05) is 6.61 Å². The molecule has 1 nitrogen and oxygen atoms in total. The Morgan fingerprint density at radius 1 is 1.13 bits per heavy atom. The van der Waals surface area contributed by atoms with Gasteiger partial charge in [0.15, 0.2) is 0 Å². The summed E-state index contributed by atoms with van der Waals surface area (Å²) in [6, 6.07) is 10.5. The molecule has 1 rings (SSSR count).